The molecular formula is C17H23N3. The molecule has 1 aromatic heterocycles. The van der Waals surface area contributed by atoms with Crippen molar-refractivity contribution in [2.45, 2.75) is 44.7 Å². The molecule has 1 aliphatic rings. The van der Waals surface area contributed by atoms with Crippen LogP contribution in [0.2, 0.25) is 0 Å². The maximum absolute atomic E-state index is 4.02. The van der Waals surface area contributed by atoms with Crippen LogP contribution in [0, 0.1) is 5.92 Å². The fourth-order valence-electron chi connectivity index (χ4n) is 3.29. The molecule has 2 aromatic rings. The van der Waals surface area contributed by atoms with E-state index in [1.54, 1.807) is 0 Å². The lowest BCUT2D eigenvalue weighted by Crippen LogP contribution is -2.29. The highest BCUT2D eigenvalue weighted by Gasteiger charge is 2.24. The summed E-state index contributed by atoms with van der Waals surface area (Å²) in [4.78, 5) is 0. The Hall–Kier alpha value is -1.61. The van der Waals surface area contributed by atoms with Crippen molar-refractivity contribution in [1.29, 1.82) is 0 Å². The fraction of sp³-hybridized carbons (Fsp3) is 0.471. The zero-order chi connectivity index (χ0) is 13.6. The quantitative estimate of drug-likeness (QED) is 0.866. The highest BCUT2D eigenvalue weighted by Crippen LogP contribution is 2.34. The Kier molecular flexibility index (Phi) is 4.49. The number of hydrogen-bond donors (Lipinski definition) is 2. The lowest BCUT2D eigenvalue weighted by molar-refractivity contribution is 0.269. The van der Waals surface area contributed by atoms with Crippen molar-refractivity contribution in [1.82, 2.24) is 15.5 Å². The molecule has 3 heteroatoms. The Balaban J connectivity index is 1.72. The van der Waals surface area contributed by atoms with Gasteiger partial charge in [0.15, 0.2) is 0 Å². The summed E-state index contributed by atoms with van der Waals surface area (Å²) in [6.07, 6.45) is 8.65. The SMILES string of the molecule is c1ccc(C(NCc2ccn[nH]2)C2CCCCC2)cc1. The van der Waals surface area contributed by atoms with Crippen LogP contribution in [0.15, 0.2) is 42.6 Å². The summed E-state index contributed by atoms with van der Waals surface area (Å²) in [6.45, 7) is 0.857. The van der Waals surface area contributed by atoms with E-state index in [1.165, 1.54) is 37.7 Å². The molecule has 1 aromatic carbocycles. The summed E-state index contributed by atoms with van der Waals surface area (Å²) in [6, 6.07) is 13.4. The highest BCUT2D eigenvalue weighted by atomic mass is 15.1. The van der Waals surface area contributed by atoms with Gasteiger partial charge in [0.1, 0.15) is 0 Å². The highest BCUT2D eigenvalue weighted by molar-refractivity contribution is 5.20. The number of aromatic nitrogens is 2. The molecule has 0 saturated heterocycles. The van der Waals surface area contributed by atoms with Gasteiger partial charge in [-0.25, -0.2) is 0 Å². The van der Waals surface area contributed by atoms with Crippen LogP contribution in [0.4, 0.5) is 0 Å². The lowest BCUT2D eigenvalue weighted by Gasteiger charge is -2.31. The molecular weight excluding hydrogens is 246 g/mol. The summed E-state index contributed by atoms with van der Waals surface area (Å²) in [5.74, 6) is 0.758. The molecule has 0 spiro atoms. The van der Waals surface area contributed by atoms with Gasteiger partial charge < -0.3 is 5.32 Å². The largest absolute Gasteiger partial charge is 0.304 e. The average Bonchev–Trinajstić information content (AvgIpc) is 3.03. The molecule has 20 heavy (non-hydrogen) atoms. The summed E-state index contributed by atoms with van der Waals surface area (Å²) in [5.41, 5.74) is 2.57. The summed E-state index contributed by atoms with van der Waals surface area (Å²) in [5, 5.41) is 10.8. The first kappa shape index (κ1) is 13.4. The molecule has 106 valence electrons. The molecule has 3 nitrogen and oxygen atoms in total. The molecule has 2 N–H and O–H groups in total. The third-order valence-electron chi connectivity index (χ3n) is 4.35. The molecule has 0 bridgehead atoms. The zero-order valence-corrected chi connectivity index (χ0v) is 11.9. The van der Waals surface area contributed by atoms with Gasteiger partial charge in [0.2, 0.25) is 0 Å². The van der Waals surface area contributed by atoms with Crippen LogP contribution >= 0.6 is 0 Å². The smallest absolute Gasteiger partial charge is 0.0490 e. The van der Waals surface area contributed by atoms with E-state index in [0.717, 1.165) is 18.2 Å². The Morgan fingerprint density at radius 3 is 2.60 bits per heavy atom. The van der Waals surface area contributed by atoms with Crippen molar-refractivity contribution < 1.29 is 0 Å². The van der Waals surface area contributed by atoms with Crippen molar-refractivity contribution in [3.05, 3.63) is 53.9 Å². The molecule has 0 radical (unpaired) electrons. The molecule has 0 amide bonds. The molecule has 1 aliphatic carbocycles. The number of benzene rings is 1. The van der Waals surface area contributed by atoms with Gasteiger partial charge in [0, 0.05) is 24.5 Å². The van der Waals surface area contributed by atoms with E-state index in [-0.39, 0.29) is 0 Å². The Labute approximate surface area is 120 Å². The fourth-order valence-corrected chi connectivity index (χ4v) is 3.29. The van der Waals surface area contributed by atoms with Crippen LogP contribution in [0.1, 0.15) is 49.4 Å². The van der Waals surface area contributed by atoms with Crippen molar-refractivity contribution in [2.75, 3.05) is 0 Å². The van der Waals surface area contributed by atoms with E-state index in [1.807, 2.05) is 12.3 Å². The number of H-pyrrole nitrogens is 1. The lowest BCUT2D eigenvalue weighted by atomic mass is 9.81. The Morgan fingerprint density at radius 2 is 1.90 bits per heavy atom. The predicted octanol–water partition coefficient (Wildman–Crippen LogP) is 3.82. The second-order valence-corrected chi connectivity index (χ2v) is 5.75. The van der Waals surface area contributed by atoms with E-state index < -0.39 is 0 Å². The molecule has 1 unspecified atom stereocenters. The van der Waals surface area contributed by atoms with Crippen molar-refractivity contribution >= 4 is 0 Å². The minimum absolute atomic E-state index is 0.458. The maximum Gasteiger partial charge on any atom is 0.0490 e. The minimum Gasteiger partial charge on any atom is -0.304 e. The first-order chi connectivity index (χ1) is 9.93. The zero-order valence-electron chi connectivity index (χ0n) is 11.9. The predicted molar refractivity (Wildman–Crippen MR) is 81.2 cm³/mol. The first-order valence-electron chi connectivity index (χ1n) is 7.70. The number of nitrogens with one attached hydrogen (secondary N) is 2. The van der Waals surface area contributed by atoms with E-state index >= 15 is 0 Å². The minimum atomic E-state index is 0.458. The first-order valence-corrected chi connectivity index (χ1v) is 7.70. The number of hydrogen-bond acceptors (Lipinski definition) is 2. The van der Waals surface area contributed by atoms with Crippen LogP contribution in [0.25, 0.3) is 0 Å². The monoisotopic (exact) mass is 269 g/mol. The van der Waals surface area contributed by atoms with Gasteiger partial charge in [-0.15, -0.1) is 0 Å². The van der Waals surface area contributed by atoms with E-state index in [2.05, 4.69) is 45.8 Å². The van der Waals surface area contributed by atoms with Gasteiger partial charge in [-0.05, 0) is 30.4 Å². The van der Waals surface area contributed by atoms with Crippen molar-refractivity contribution in [2.24, 2.45) is 5.92 Å². The van der Waals surface area contributed by atoms with Crippen LogP contribution < -0.4 is 5.32 Å². The van der Waals surface area contributed by atoms with Gasteiger partial charge in [0.05, 0.1) is 0 Å². The van der Waals surface area contributed by atoms with Gasteiger partial charge in [-0.1, -0.05) is 49.6 Å². The maximum atomic E-state index is 4.02. The molecule has 1 fully saturated rings. The van der Waals surface area contributed by atoms with Crippen molar-refractivity contribution in [3.63, 3.8) is 0 Å². The second-order valence-electron chi connectivity index (χ2n) is 5.75. The summed E-state index contributed by atoms with van der Waals surface area (Å²) < 4.78 is 0. The number of nitrogens with zero attached hydrogens (tertiary/aromatic N) is 1. The Bertz CT molecular complexity index is 486. The van der Waals surface area contributed by atoms with Gasteiger partial charge in [-0.3, -0.25) is 5.10 Å². The summed E-state index contributed by atoms with van der Waals surface area (Å²) >= 11 is 0. The topological polar surface area (TPSA) is 40.7 Å². The molecule has 1 heterocycles. The normalized spacial score (nSPS) is 18.0. The van der Waals surface area contributed by atoms with E-state index in [9.17, 15) is 0 Å². The number of rotatable bonds is 5. The standard InChI is InChI=1S/C17H23N3/c1-3-7-14(8-4-1)17(15-9-5-2-6-10-15)18-13-16-11-12-19-20-16/h1,3-4,7-8,11-12,15,17-18H,2,5-6,9-10,13H2,(H,19,20). The number of aromatic amines is 1. The van der Waals surface area contributed by atoms with Gasteiger partial charge >= 0.3 is 0 Å². The molecule has 1 saturated carbocycles. The van der Waals surface area contributed by atoms with E-state index in [4.69, 9.17) is 0 Å². The Morgan fingerprint density at radius 1 is 1.10 bits per heavy atom. The van der Waals surface area contributed by atoms with Crippen LogP contribution in [0.3, 0.4) is 0 Å². The second kappa shape index (κ2) is 6.71. The molecule has 3 rings (SSSR count). The average molecular weight is 269 g/mol. The van der Waals surface area contributed by atoms with Crippen LogP contribution in [-0.4, -0.2) is 10.2 Å². The third kappa shape index (κ3) is 3.28. The van der Waals surface area contributed by atoms with Crippen LogP contribution in [0.5, 0.6) is 0 Å². The molecule has 1 atom stereocenters. The summed E-state index contributed by atoms with van der Waals surface area (Å²) in [7, 11) is 0. The van der Waals surface area contributed by atoms with Crippen LogP contribution in [-0.2, 0) is 6.54 Å². The van der Waals surface area contributed by atoms with Gasteiger partial charge in [0.25, 0.3) is 0 Å². The molecule has 0 aliphatic heterocycles. The van der Waals surface area contributed by atoms with Crippen molar-refractivity contribution in [3.8, 4) is 0 Å². The van der Waals surface area contributed by atoms with Gasteiger partial charge in [-0.2, -0.15) is 5.10 Å². The van der Waals surface area contributed by atoms with E-state index in [0.29, 0.717) is 6.04 Å². The third-order valence-corrected chi connectivity index (χ3v) is 4.35.